The predicted molar refractivity (Wildman–Crippen MR) is 103 cm³/mol. The van der Waals surface area contributed by atoms with Gasteiger partial charge >= 0.3 is 0 Å². The minimum atomic E-state index is -3.87. The Labute approximate surface area is 162 Å². The van der Waals surface area contributed by atoms with E-state index in [1.54, 1.807) is 60.7 Å². The molecule has 1 atom stereocenters. The summed E-state index contributed by atoms with van der Waals surface area (Å²) in [6, 6.07) is 19.8. The molecular weight excluding hydrogens is 387 g/mol. The van der Waals surface area contributed by atoms with Gasteiger partial charge in [-0.05, 0) is 24.3 Å². The molecule has 0 saturated carbocycles. The first-order valence-electron chi connectivity index (χ1n) is 8.34. The molecule has 4 nitrogen and oxygen atoms in total. The van der Waals surface area contributed by atoms with Gasteiger partial charge in [-0.25, -0.2) is 12.8 Å². The fourth-order valence-corrected chi connectivity index (χ4v) is 5.10. The Morgan fingerprint density at radius 3 is 2.41 bits per heavy atom. The summed E-state index contributed by atoms with van der Waals surface area (Å²) in [5.41, 5.74) is 1.39. The molecule has 0 bridgehead atoms. The zero-order valence-electron chi connectivity index (χ0n) is 14.1. The van der Waals surface area contributed by atoms with Crippen LogP contribution >= 0.6 is 11.6 Å². The number of para-hydroxylation sites is 1. The zero-order valence-corrected chi connectivity index (χ0v) is 15.7. The number of fused-ring (bicyclic) bond motifs is 1. The van der Waals surface area contributed by atoms with E-state index in [-0.39, 0.29) is 11.4 Å². The van der Waals surface area contributed by atoms with Crippen molar-refractivity contribution in [2.24, 2.45) is 0 Å². The molecule has 138 valence electrons. The molecule has 0 radical (unpaired) electrons. The van der Waals surface area contributed by atoms with E-state index in [1.165, 1.54) is 16.4 Å². The lowest BCUT2D eigenvalue weighted by Gasteiger charge is -2.37. The highest BCUT2D eigenvalue weighted by Crippen LogP contribution is 2.40. The molecule has 0 aliphatic carbocycles. The lowest BCUT2D eigenvalue weighted by molar-refractivity contribution is 0.331. The van der Waals surface area contributed by atoms with Crippen LogP contribution in [0.3, 0.4) is 0 Å². The van der Waals surface area contributed by atoms with E-state index in [4.69, 9.17) is 11.6 Å². The van der Waals surface area contributed by atoms with Crippen LogP contribution in [0.2, 0.25) is 5.02 Å². The average molecular weight is 403 g/mol. The molecule has 1 aliphatic rings. The molecule has 1 aliphatic heterocycles. The molecule has 0 spiro atoms. The van der Waals surface area contributed by atoms with E-state index in [0.717, 1.165) is 0 Å². The molecular formula is C20H16ClFN2O2S. The summed E-state index contributed by atoms with van der Waals surface area (Å²) >= 11 is 6.34. The number of nitrogens with zero attached hydrogens (tertiary/aromatic N) is 1. The molecule has 0 aromatic heterocycles. The molecule has 4 rings (SSSR count). The van der Waals surface area contributed by atoms with Crippen LogP contribution in [0.4, 0.5) is 10.1 Å². The highest BCUT2D eigenvalue weighted by atomic mass is 35.5. The van der Waals surface area contributed by atoms with E-state index in [2.05, 4.69) is 5.32 Å². The minimum Gasteiger partial charge on any atom is -0.364 e. The first-order valence-corrected chi connectivity index (χ1v) is 10.2. The lowest BCUT2D eigenvalue weighted by Crippen LogP contribution is -2.42. The Bertz CT molecular complexity index is 1100. The largest absolute Gasteiger partial charge is 0.364 e. The van der Waals surface area contributed by atoms with Crippen molar-refractivity contribution < 1.29 is 12.8 Å². The molecule has 0 fully saturated rings. The molecule has 3 aromatic carbocycles. The molecule has 3 aromatic rings. The second-order valence-electron chi connectivity index (χ2n) is 6.21. The number of halogens is 2. The monoisotopic (exact) mass is 402 g/mol. The van der Waals surface area contributed by atoms with Crippen molar-refractivity contribution in [2.45, 2.75) is 17.6 Å². The number of anilines is 1. The summed E-state index contributed by atoms with van der Waals surface area (Å²) in [5, 5.41) is 3.67. The first-order chi connectivity index (χ1) is 13.0. The number of hydrogen-bond acceptors (Lipinski definition) is 3. The number of benzene rings is 3. The van der Waals surface area contributed by atoms with Crippen LogP contribution in [0, 0.1) is 5.82 Å². The van der Waals surface area contributed by atoms with Gasteiger partial charge in [0.1, 0.15) is 16.9 Å². The average Bonchev–Trinajstić information content (AvgIpc) is 2.66. The Balaban J connectivity index is 1.88. The number of nitrogens with one attached hydrogen (secondary N) is 1. The van der Waals surface area contributed by atoms with Gasteiger partial charge in [-0.1, -0.05) is 60.1 Å². The smallest absolute Gasteiger partial charge is 0.247 e. The summed E-state index contributed by atoms with van der Waals surface area (Å²) in [4.78, 5) is 0.157. The van der Waals surface area contributed by atoms with Crippen molar-refractivity contribution in [1.29, 1.82) is 0 Å². The number of sulfonamides is 1. The van der Waals surface area contributed by atoms with Crippen molar-refractivity contribution in [3.63, 3.8) is 0 Å². The van der Waals surface area contributed by atoms with Gasteiger partial charge in [0.15, 0.2) is 0 Å². The molecule has 1 heterocycles. The van der Waals surface area contributed by atoms with Crippen LogP contribution in [0.15, 0.2) is 77.7 Å². The van der Waals surface area contributed by atoms with Crippen LogP contribution in [-0.2, 0) is 16.6 Å². The third kappa shape index (κ3) is 3.20. The van der Waals surface area contributed by atoms with Crippen molar-refractivity contribution >= 4 is 27.3 Å². The second kappa shape index (κ2) is 6.96. The summed E-state index contributed by atoms with van der Waals surface area (Å²) in [7, 11) is -3.87. The number of hydrogen-bond donors (Lipinski definition) is 1. The number of rotatable bonds is 3. The SMILES string of the molecule is O=S1(=O)c2ccccc2NC(c2ccccc2Cl)N1Cc1ccccc1F. The standard InChI is InChI=1S/C20H16ClFN2O2S/c21-16-9-3-2-8-15(16)20-23-18-11-5-6-12-19(18)27(25,26)24(20)13-14-7-1-4-10-17(14)22/h1-12,20,23H,13H2. The van der Waals surface area contributed by atoms with Gasteiger partial charge in [0.25, 0.3) is 0 Å². The lowest BCUT2D eigenvalue weighted by atomic mass is 10.1. The fourth-order valence-electron chi connectivity index (χ4n) is 3.20. The third-order valence-electron chi connectivity index (χ3n) is 4.54. The van der Waals surface area contributed by atoms with Crippen LogP contribution in [-0.4, -0.2) is 12.7 Å². The van der Waals surface area contributed by atoms with Crippen LogP contribution in [0.5, 0.6) is 0 Å². The Kier molecular flexibility index (Phi) is 4.63. The Hall–Kier alpha value is -2.41. The Morgan fingerprint density at radius 1 is 0.963 bits per heavy atom. The van der Waals surface area contributed by atoms with Gasteiger partial charge in [0, 0.05) is 22.7 Å². The van der Waals surface area contributed by atoms with Gasteiger partial charge in [0.05, 0.1) is 5.69 Å². The zero-order chi connectivity index (χ0) is 19.0. The van der Waals surface area contributed by atoms with Crippen LogP contribution < -0.4 is 5.32 Å². The Morgan fingerprint density at radius 2 is 1.63 bits per heavy atom. The minimum absolute atomic E-state index is 0.119. The van der Waals surface area contributed by atoms with Crippen molar-refractivity contribution in [1.82, 2.24) is 4.31 Å². The van der Waals surface area contributed by atoms with E-state index in [0.29, 0.717) is 21.8 Å². The van der Waals surface area contributed by atoms with Gasteiger partial charge in [-0.3, -0.25) is 0 Å². The second-order valence-corrected chi connectivity index (χ2v) is 8.47. The summed E-state index contributed by atoms with van der Waals surface area (Å²) in [5.74, 6) is -0.454. The van der Waals surface area contributed by atoms with Gasteiger partial charge in [0.2, 0.25) is 10.0 Å². The molecule has 0 amide bonds. The molecule has 1 unspecified atom stereocenters. The van der Waals surface area contributed by atoms with Crippen molar-refractivity contribution in [3.8, 4) is 0 Å². The maximum absolute atomic E-state index is 14.2. The summed E-state index contributed by atoms with van der Waals surface area (Å²) < 4.78 is 42.1. The molecule has 1 N–H and O–H groups in total. The fraction of sp³-hybridized carbons (Fsp3) is 0.100. The summed E-state index contributed by atoms with van der Waals surface area (Å²) in [6.07, 6.45) is -0.752. The van der Waals surface area contributed by atoms with Crippen LogP contribution in [0.1, 0.15) is 17.3 Å². The topological polar surface area (TPSA) is 49.4 Å². The van der Waals surface area contributed by atoms with Crippen LogP contribution in [0.25, 0.3) is 0 Å². The predicted octanol–water partition coefficient (Wildman–Crippen LogP) is 4.79. The van der Waals surface area contributed by atoms with Gasteiger partial charge in [-0.2, -0.15) is 4.31 Å². The highest BCUT2D eigenvalue weighted by Gasteiger charge is 2.39. The van der Waals surface area contributed by atoms with Gasteiger partial charge < -0.3 is 5.32 Å². The highest BCUT2D eigenvalue weighted by molar-refractivity contribution is 7.89. The van der Waals surface area contributed by atoms with E-state index in [1.807, 2.05) is 0 Å². The normalized spacial score (nSPS) is 18.5. The van der Waals surface area contributed by atoms with E-state index >= 15 is 0 Å². The van der Waals surface area contributed by atoms with E-state index in [9.17, 15) is 12.8 Å². The first kappa shape index (κ1) is 18.0. The van der Waals surface area contributed by atoms with E-state index < -0.39 is 22.0 Å². The third-order valence-corrected chi connectivity index (χ3v) is 6.75. The maximum atomic E-state index is 14.2. The van der Waals surface area contributed by atoms with Gasteiger partial charge in [-0.15, -0.1) is 0 Å². The molecule has 27 heavy (non-hydrogen) atoms. The molecule has 0 saturated heterocycles. The maximum Gasteiger partial charge on any atom is 0.247 e. The van der Waals surface area contributed by atoms with Crippen molar-refractivity contribution in [2.75, 3.05) is 5.32 Å². The quantitative estimate of drug-likeness (QED) is 0.685. The molecule has 7 heteroatoms. The summed E-state index contributed by atoms with van der Waals surface area (Å²) in [6.45, 7) is -0.119. The van der Waals surface area contributed by atoms with Crippen molar-refractivity contribution in [3.05, 3.63) is 94.8 Å².